The van der Waals surface area contributed by atoms with Gasteiger partial charge in [0.05, 0.1) is 0 Å². The first-order valence-corrected chi connectivity index (χ1v) is 6.11. The summed E-state index contributed by atoms with van der Waals surface area (Å²) in [5, 5.41) is 3.38. The molecule has 0 radical (unpaired) electrons. The summed E-state index contributed by atoms with van der Waals surface area (Å²) in [4.78, 5) is 0.410. The molecule has 2 nitrogen and oxygen atoms in total. The lowest BCUT2D eigenvalue weighted by Gasteiger charge is -2.17. The fourth-order valence-corrected chi connectivity index (χ4v) is 2.19. The summed E-state index contributed by atoms with van der Waals surface area (Å²) in [6.07, 6.45) is 1.06. The van der Waals surface area contributed by atoms with Crippen LogP contribution < -0.4 is 11.1 Å². The summed E-state index contributed by atoms with van der Waals surface area (Å²) in [6, 6.07) is 6.31. The molecule has 1 aromatic rings. The first-order valence-electron chi connectivity index (χ1n) is 4.91. The number of nitrogens with one attached hydrogen (secondary N) is 1. The minimum absolute atomic E-state index is 0.410. The molecule has 0 spiro atoms. The summed E-state index contributed by atoms with van der Waals surface area (Å²) in [5.41, 5.74) is 7.57. The van der Waals surface area contributed by atoms with E-state index >= 15 is 0 Å². The molecule has 0 aliphatic rings. The van der Waals surface area contributed by atoms with E-state index in [9.17, 15) is 0 Å². The molecule has 0 saturated carbocycles. The van der Waals surface area contributed by atoms with Gasteiger partial charge in [-0.15, -0.1) is 0 Å². The van der Waals surface area contributed by atoms with Crippen LogP contribution >= 0.6 is 28.1 Å². The van der Waals surface area contributed by atoms with Gasteiger partial charge in [0.2, 0.25) is 0 Å². The van der Waals surface area contributed by atoms with Crippen LogP contribution in [-0.2, 0) is 0 Å². The third-order valence-electron chi connectivity index (χ3n) is 2.27. The van der Waals surface area contributed by atoms with Crippen molar-refractivity contribution in [1.82, 2.24) is 0 Å². The zero-order valence-electron chi connectivity index (χ0n) is 8.88. The highest BCUT2D eigenvalue weighted by atomic mass is 79.9. The van der Waals surface area contributed by atoms with Gasteiger partial charge in [-0.05, 0) is 41.4 Å². The molecule has 0 heterocycles. The lowest BCUT2D eigenvalue weighted by Crippen LogP contribution is -2.19. The van der Waals surface area contributed by atoms with E-state index in [1.54, 1.807) is 0 Å². The van der Waals surface area contributed by atoms with Gasteiger partial charge in [0.1, 0.15) is 4.99 Å². The van der Waals surface area contributed by atoms with Crippen LogP contribution in [0.15, 0.2) is 22.7 Å². The molecule has 82 valence electrons. The van der Waals surface area contributed by atoms with E-state index in [0.717, 1.165) is 22.1 Å². The smallest absolute Gasteiger partial charge is 0.107 e. The van der Waals surface area contributed by atoms with Crippen molar-refractivity contribution in [3.63, 3.8) is 0 Å². The van der Waals surface area contributed by atoms with Crippen molar-refractivity contribution in [2.45, 2.75) is 26.3 Å². The maximum absolute atomic E-state index is 5.69. The summed E-state index contributed by atoms with van der Waals surface area (Å²) in [6.45, 7) is 4.26. The van der Waals surface area contributed by atoms with E-state index in [1.165, 1.54) is 0 Å². The standard InChI is InChI=1S/C11H15BrN2S/c1-3-7(2)14-9-6-4-5-8(12)10(9)11(13)15/h4-7,14H,3H2,1-2H3,(H2,13,15). The molecule has 1 aromatic carbocycles. The molecule has 15 heavy (non-hydrogen) atoms. The number of nitrogens with two attached hydrogens (primary N) is 1. The summed E-state index contributed by atoms with van der Waals surface area (Å²) < 4.78 is 0.934. The Hall–Kier alpha value is -0.610. The van der Waals surface area contributed by atoms with Crippen molar-refractivity contribution in [1.29, 1.82) is 0 Å². The van der Waals surface area contributed by atoms with Crippen LogP contribution in [0, 0.1) is 0 Å². The fourth-order valence-electron chi connectivity index (χ4n) is 1.26. The number of hydrogen-bond donors (Lipinski definition) is 2. The second kappa shape index (κ2) is 5.47. The van der Waals surface area contributed by atoms with Crippen molar-refractivity contribution < 1.29 is 0 Å². The van der Waals surface area contributed by atoms with E-state index in [1.807, 2.05) is 18.2 Å². The monoisotopic (exact) mass is 286 g/mol. The lowest BCUT2D eigenvalue weighted by atomic mass is 10.1. The highest BCUT2D eigenvalue weighted by molar-refractivity contribution is 9.10. The molecular weight excluding hydrogens is 272 g/mol. The fraction of sp³-hybridized carbons (Fsp3) is 0.364. The molecular formula is C11H15BrN2S. The Morgan fingerprint density at radius 2 is 2.27 bits per heavy atom. The first-order chi connectivity index (χ1) is 7.06. The number of benzene rings is 1. The van der Waals surface area contributed by atoms with Gasteiger partial charge in [-0.2, -0.15) is 0 Å². The minimum Gasteiger partial charge on any atom is -0.389 e. The van der Waals surface area contributed by atoms with Gasteiger partial charge in [-0.1, -0.05) is 25.2 Å². The Balaban J connectivity index is 3.06. The second-order valence-corrected chi connectivity index (χ2v) is 4.77. The van der Waals surface area contributed by atoms with E-state index in [4.69, 9.17) is 18.0 Å². The number of thiocarbonyl (C=S) groups is 1. The van der Waals surface area contributed by atoms with Gasteiger partial charge in [0.15, 0.2) is 0 Å². The predicted octanol–water partition coefficient (Wildman–Crippen LogP) is 3.29. The topological polar surface area (TPSA) is 38.0 Å². The molecule has 1 atom stereocenters. The molecule has 0 aliphatic heterocycles. The Morgan fingerprint density at radius 3 is 2.80 bits per heavy atom. The van der Waals surface area contributed by atoms with Crippen LogP contribution in [0.3, 0.4) is 0 Å². The number of anilines is 1. The predicted molar refractivity (Wildman–Crippen MR) is 73.4 cm³/mol. The van der Waals surface area contributed by atoms with Crippen molar-refractivity contribution >= 4 is 38.8 Å². The highest BCUT2D eigenvalue weighted by Gasteiger charge is 2.10. The number of halogens is 1. The normalized spacial score (nSPS) is 12.2. The average Bonchev–Trinajstić information content (AvgIpc) is 2.17. The third-order valence-corrected chi connectivity index (χ3v) is 3.14. The average molecular weight is 287 g/mol. The quantitative estimate of drug-likeness (QED) is 0.834. The van der Waals surface area contributed by atoms with E-state index in [2.05, 4.69) is 35.1 Å². The van der Waals surface area contributed by atoms with Gasteiger partial charge in [0, 0.05) is 21.8 Å². The second-order valence-electron chi connectivity index (χ2n) is 3.48. The Bertz CT molecular complexity index is 366. The SMILES string of the molecule is CCC(C)Nc1cccc(Br)c1C(N)=S. The summed E-state index contributed by atoms with van der Waals surface area (Å²) in [7, 11) is 0. The molecule has 0 aliphatic carbocycles. The van der Waals surface area contributed by atoms with Crippen molar-refractivity contribution in [2.75, 3.05) is 5.32 Å². The third kappa shape index (κ3) is 3.18. The zero-order chi connectivity index (χ0) is 11.4. The molecule has 0 amide bonds. The first kappa shape index (κ1) is 12.5. The van der Waals surface area contributed by atoms with E-state index in [-0.39, 0.29) is 0 Å². The molecule has 1 rings (SSSR count). The zero-order valence-corrected chi connectivity index (χ0v) is 11.3. The van der Waals surface area contributed by atoms with Crippen molar-refractivity contribution in [3.05, 3.63) is 28.2 Å². The van der Waals surface area contributed by atoms with Gasteiger partial charge < -0.3 is 11.1 Å². The molecule has 1 unspecified atom stereocenters. The Morgan fingerprint density at radius 1 is 1.60 bits per heavy atom. The van der Waals surface area contributed by atoms with Crippen LogP contribution in [0.1, 0.15) is 25.8 Å². The van der Waals surface area contributed by atoms with Gasteiger partial charge in [-0.3, -0.25) is 0 Å². The maximum atomic E-state index is 5.69. The molecule has 0 saturated heterocycles. The number of hydrogen-bond acceptors (Lipinski definition) is 2. The van der Waals surface area contributed by atoms with Crippen molar-refractivity contribution in [3.8, 4) is 0 Å². The highest BCUT2D eigenvalue weighted by Crippen LogP contribution is 2.25. The molecule has 0 aromatic heterocycles. The van der Waals surface area contributed by atoms with Crippen LogP contribution in [0.4, 0.5) is 5.69 Å². The lowest BCUT2D eigenvalue weighted by molar-refractivity contribution is 0.764. The Labute approximate surface area is 104 Å². The van der Waals surface area contributed by atoms with Gasteiger partial charge in [-0.25, -0.2) is 0 Å². The van der Waals surface area contributed by atoms with Gasteiger partial charge >= 0.3 is 0 Å². The summed E-state index contributed by atoms with van der Waals surface area (Å²) >= 11 is 8.49. The molecule has 0 bridgehead atoms. The van der Waals surface area contributed by atoms with Crippen LogP contribution in [-0.4, -0.2) is 11.0 Å². The van der Waals surface area contributed by atoms with Gasteiger partial charge in [0.25, 0.3) is 0 Å². The summed E-state index contributed by atoms with van der Waals surface area (Å²) in [5.74, 6) is 0. The molecule has 3 N–H and O–H groups in total. The van der Waals surface area contributed by atoms with Crippen LogP contribution in [0.25, 0.3) is 0 Å². The van der Waals surface area contributed by atoms with Crippen LogP contribution in [0.2, 0.25) is 0 Å². The van der Waals surface area contributed by atoms with E-state index in [0.29, 0.717) is 11.0 Å². The largest absolute Gasteiger partial charge is 0.389 e. The minimum atomic E-state index is 0.410. The van der Waals surface area contributed by atoms with E-state index < -0.39 is 0 Å². The van der Waals surface area contributed by atoms with Crippen LogP contribution in [0.5, 0.6) is 0 Å². The molecule has 4 heteroatoms. The number of rotatable bonds is 4. The maximum Gasteiger partial charge on any atom is 0.107 e. The molecule has 0 fully saturated rings. The Kier molecular flexibility index (Phi) is 4.54. The van der Waals surface area contributed by atoms with Crippen molar-refractivity contribution in [2.24, 2.45) is 5.73 Å².